The second-order valence-corrected chi connectivity index (χ2v) is 3.93. The molecule has 0 spiro atoms. The van der Waals surface area contributed by atoms with Crippen molar-refractivity contribution >= 4 is 0 Å². The summed E-state index contributed by atoms with van der Waals surface area (Å²) in [5.41, 5.74) is 6.09. The molecule has 0 aromatic carbocycles. The van der Waals surface area contributed by atoms with E-state index in [9.17, 15) is 0 Å². The van der Waals surface area contributed by atoms with Crippen molar-refractivity contribution in [1.29, 1.82) is 0 Å². The lowest BCUT2D eigenvalue weighted by Gasteiger charge is -2.17. The van der Waals surface area contributed by atoms with Gasteiger partial charge < -0.3 is 5.73 Å². The maximum atomic E-state index is 6.09. The first-order valence-electron chi connectivity index (χ1n) is 5.21. The summed E-state index contributed by atoms with van der Waals surface area (Å²) in [5.74, 6) is 0.829. The number of unbranched alkanes of at least 4 members (excludes halogenated alkanes) is 1. The van der Waals surface area contributed by atoms with E-state index in [0.717, 1.165) is 12.3 Å². The predicted octanol–water partition coefficient (Wildman–Crippen LogP) is 2.86. The largest absolute Gasteiger partial charge is 0.327 e. The van der Waals surface area contributed by atoms with E-state index in [0.29, 0.717) is 6.04 Å². The number of hydrogen-bond donors (Lipinski definition) is 1. The minimum Gasteiger partial charge on any atom is -0.327 e. The van der Waals surface area contributed by atoms with Crippen molar-refractivity contribution in [3.8, 4) is 0 Å². The minimum atomic E-state index is 0.465. The summed E-state index contributed by atoms with van der Waals surface area (Å²) in [6.45, 7) is 3.71. The van der Waals surface area contributed by atoms with E-state index in [1.807, 2.05) is 6.08 Å². The molecule has 1 heteroatoms. The van der Waals surface area contributed by atoms with E-state index in [1.54, 1.807) is 0 Å². The van der Waals surface area contributed by atoms with E-state index in [-0.39, 0.29) is 0 Å². The topological polar surface area (TPSA) is 26.0 Å². The molecule has 0 aromatic rings. The molecule has 0 amide bonds. The summed E-state index contributed by atoms with van der Waals surface area (Å²) in [4.78, 5) is 0. The molecule has 1 fully saturated rings. The van der Waals surface area contributed by atoms with Crippen molar-refractivity contribution in [2.24, 2.45) is 11.7 Å². The highest BCUT2D eigenvalue weighted by Gasteiger charge is 2.20. The average Bonchev–Trinajstić information content (AvgIpc) is 2.56. The molecule has 1 aliphatic carbocycles. The van der Waals surface area contributed by atoms with Gasteiger partial charge in [0.1, 0.15) is 0 Å². The predicted molar refractivity (Wildman–Crippen MR) is 54.0 cm³/mol. The molecule has 12 heavy (non-hydrogen) atoms. The Morgan fingerprint density at radius 2 is 2.08 bits per heavy atom. The molecule has 0 radical (unpaired) electrons. The van der Waals surface area contributed by atoms with E-state index in [4.69, 9.17) is 5.73 Å². The summed E-state index contributed by atoms with van der Waals surface area (Å²) in [6, 6.07) is 0.465. The lowest BCUT2D eigenvalue weighted by Crippen LogP contribution is -2.28. The second-order valence-electron chi connectivity index (χ2n) is 3.93. The van der Waals surface area contributed by atoms with Crippen LogP contribution >= 0.6 is 0 Å². The van der Waals surface area contributed by atoms with Crippen LogP contribution in [0, 0.1) is 5.92 Å². The van der Waals surface area contributed by atoms with Gasteiger partial charge in [-0.1, -0.05) is 18.9 Å². The molecule has 1 unspecified atom stereocenters. The zero-order valence-electron chi connectivity index (χ0n) is 7.97. The average molecular weight is 167 g/mol. The van der Waals surface area contributed by atoms with Crippen molar-refractivity contribution < 1.29 is 0 Å². The van der Waals surface area contributed by atoms with Crippen LogP contribution in [0.4, 0.5) is 0 Å². The van der Waals surface area contributed by atoms with Crippen LogP contribution in [-0.2, 0) is 0 Å². The van der Waals surface area contributed by atoms with E-state index in [2.05, 4.69) is 6.58 Å². The number of allylic oxidation sites excluding steroid dienone is 1. The molecule has 0 heterocycles. The van der Waals surface area contributed by atoms with Gasteiger partial charge in [-0.05, 0) is 38.0 Å². The number of hydrogen-bond acceptors (Lipinski definition) is 1. The molecule has 0 saturated heterocycles. The third kappa shape index (κ3) is 2.98. The monoisotopic (exact) mass is 167 g/mol. The number of rotatable bonds is 5. The Morgan fingerprint density at radius 1 is 1.42 bits per heavy atom. The Hall–Kier alpha value is -0.300. The van der Waals surface area contributed by atoms with Crippen molar-refractivity contribution in [2.45, 2.75) is 51.0 Å². The van der Waals surface area contributed by atoms with Crippen LogP contribution in [0.25, 0.3) is 0 Å². The van der Waals surface area contributed by atoms with Gasteiger partial charge in [0.2, 0.25) is 0 Å². The first-order chi connectivity index (χ1) is 5.84. The van der Waals surface area contributed by atoms with Gasteiger partial charge in [0.15, 0.2) is 0 Å². The molecular weight excluding hydrogens is 146 g/mol. The standard InChI is InChI=1S/C11H21N/c1-2-3-4-9-11(12)10-7-5-6-8-10/h2,10-11H,1,3-9,12H2. The Kier molecular flexibility index (Phi) is 4.37. The molecule has 0 aromatic heterocycles. The Balaban J connectivity index is 2.09. The first kappa shape index (κ1) is 9.79. The SMILES string of the molecule is C=CCCCC(N)C1CCCC1. The van der Waals surface area contributed by atoms with Crippen LogP contribution in [0.3, 0.4) is 0 Å². The van der Waals surface area contributed by atoms with E-state index in [1.165, 1.54) is 38.5 Å². The van der Waals surface area contributed by atoms with Gasteiger partial charge in [-0.15, -0.1) is 6.58 Å². The van der Waals surface area contributed by atoms with Gasteiger partial charge >= 0.3 is 0 Å². The van der Waals surface area contributed by atoms with Crippen molar-refractivity contribution in [1.82, 2.24) is 0 Å². The highest BCUT2D eigenvalue weighted by atomic mass is 14.6. The fraction of sp³-hybridized carbons (Fsp3) is 0.818. The Labute approximate surface area is 76.0 Å². The molecule has 70 valence electrons. The molecule has 1 atom stereocenters. The highest BCUT2D eigenvalue weighted by Crippen LogP contribution is 2.28. The van der Waals surface area contributed by atoms with Crippen molar-refractivity contribution in [2.75, 3.05) is 0 Å². The Bertz CT molecular complexity index is 125. The van der Waals surface area contributed by atoms with Gasteiger partial charge in [0.25, 0.3) is 0 Å². The van der Waals surface area contributed by atoms with Crippen molar-refractivity contribution in [3.63, 3.8) is 0 Å². The Morgan fingerprint density at radius 3 is 2.67 bits per heavy atom. The molecule has 1 rings (SSSR count). The summed E-state index contributed by atoms with van der Waals surface area (Å²) < 4.78 is 0. The summed E-state index contributed by atoms with van der Waals surface area (Å²) >= 11 is 0. The quantitative estimate of drug-likeness (QED) is 0.494. The fourth-order valence-electron chi connectivity index (χ4n) is 2.12. The second kappa shape index (κ2) is 5.36. The molecule has 2 N–H and O–H groups in total. The summed E-state index contributed by atoms with van der Waals surface area (Å²) in [7, 11) is 0. The van der Waals surface area contributed by atoms with E-state index >= 15 is 0 Å². The lowest BCUT2D eigenvalue weighted by atomic mass is 9.94. The maximum Gasteiger partial charge on any atom is 0.00672 e. The van der Waals surface area contributed by atoms with Crippen LogP contribution in [0.1, 0.15) is 44.9 Å². The maximum absolute atomic E-state index is 6.09. The smallest absolute Gasteiger partial charge is 0.00672 e. The van der Waals surface area contributed by atoms with Crippen LogP contribution in [-0.4, -0.2) is 6.04 Å². The van der Waals surface area contributed by atoms with Crippen LogP contribution in [0.5, 0.6) is 0 Å². The molecule has 1 saturated carbocycles. The molecular formula is C11H21N. The molecule has 0 aliphatic heterocycles. The van der Waals surface area contributed by atoms with Gasteiger partial charge in [-0.25, -0.2) is 0 Å². The molecule has 1 nitrogen and oxygen atoms in total. The van der Waals surface area contributed by atoms with E-state index < -0.39 is 0 Å². The number of nitrogens with two attached hydrogens (primary N) is 1. The molecule has 0 bridgehead atoms. The normalized spacial score (nSPS) is 21.1. The zero-order valence-corrected chi connectivity index (χ0v) is 7.97. The zero-order chi connectivity index (χ0) is 8.81. The summed E-state index contributed by atoms with van der Waals surface area (Å²) in [6.07, 6.45) is 11.1. The van der Waals surface area contributed by atoms with Gasteiger partial charge in [-0.3, -0.25) is 0 Å². The molecule has 1 aliphatic rings. The van der Waals surface area contributed by atoms with Crippen LogP contribution in [0.15, 0.2) is 12.7 Å². The van der Waals surface area contributed by atoms with Gasteiger partial charge in [0.05, 0.1) is 0 Å². The third-order valence-electron chi connectivity index (χ3n) is 2.95. The third-order valence-corrected chi connectivity index (χ3v) is 2.95. The van der Waals surface area contributed by atoms with Crippen LogP contribution < -0.4 is 5.73 Å². The van der Waals surface area contributed by atoms with Crippen molar-refractivity contribution in [3.05, 3.63) is 12.7 Å². The van der Waals surface area contributed by atoms with Crippen LogP contribution in [0.2, 0.25) is 0 Å². The highest BCUT2D eigenvalue weighted by molar-refractivity contribution is 4.78. The fourth-order valence-corrected chi connectivity index (χ4v) is 2.12. The van der Waals surface area contributed by atoms with Gasteiger partial charge in [0, 0.05) is 6.04 Å². The minimum absolute atomic E-state index is 0.465. The summed E-state index contributed by atoms with van der Waals surface area (Å²) in [5, 5.41) is 0. The van der Waals surface area contributed by atoms with Gasteiger partial charge in [-0.2, -0.15) is 0 Å². The lowest BCUT2D eigenvalue weighted by molar-refractivity contribution is 0.403. The first-order valence-corrected chi connectivity index (χ1v) is 5.21.